The lowest BCUT2D eigenvalue weighted by molar-refractivity contribution is 0.0937. The Labute approximate surface area is 140 Å². The molecule has 0 aliphatic rings. The highest BCUT2D eigenvalue weighted by atomic mass is 35.5. The fourth-order valence-corrected chi connectivity index (χ4v) is 2.38. The highest BCUT2D eigenvalue weighted by Crippen LogP contribution is 2.17. The number of benzene rings is 2. The van der Waals surface area contributed by atoms with Crippen LogP contribution in [0.3, 0.4) is 0 Å². The van der Waals surface area contributed by atoms with Gasteiger partial charge in [-0.05, 0) is 61.4 Å². The zero-order valence-corrected chi connectivity index (χ0v) is 13.6. The molecule has 5 heteroatoms. The molecule has 23 heavy (non-hydrogen) atoms. The highest BCUT2D eigenvalue weighted by molar-refractivity contribution is 6.30. The number of carbonyl (C=O) groups excluding carboxylic acids is 2. The van der Waals surface area contributed by atoms with E-state index in [1.807, 2.05) is 0 Å². The van der Waals surface area contributed by atoms with Crippen molar-refractivity contribution in [1.29, 1.82) is 0 Å². The van der Waals surface area contributed by atoms with Crippen LogP contribution in [0.4, 0.5) is 0 Å². The molecule has 0 saturated heterocycles. The molecule has 0 aliphatic heterocycles. The van der Waals surface area contributed by atoms with Crippen LogP contribution in [-0.2, 0) is 0 Å². The summed E-state index contributed by atoms with van der Waals surface area (Å²) in [7, 11) is 0. The van der Waals surface area contributed by atoms with E-state index in [4.69, 9.17) is 11.6 Å². The number of nitrogens with one attached hydrogen (secondary N) is 1. The normalized spacial score (nSPS) is 10.3. The van der Waals surface area contributed by atoms with Crippen LogP contribution < -0.4 is 5.32 Å². The van der Waals surface area contributed by atoms with Crippen molar-refractivity contribution < 1.29 is 14.7 Å². The van der Waals surface area contributed by atoms with Gasteiger partial charge in [0.2, 0.25) is 0 Å². The summed E-state index contributed by atoms with van der Waals surface area (Å²) in [4.78, 5) is 24.0. The Kier molecular flexibility index (Phi) is 5.77. The van der Waals surface area contributed by atoms with E-state index in [0.29, 0.717) is 35.5 Å². The summed E-state index contributed by atoms with van der Waals surface area (Å²) in [6.07, 6.45) is 0.894. The molecular formula is C18H18ClNO3. The number of rotatable bonds is 6. The Balaban J connectivity index is 1.79. The number of phenols is 1. The highest BCUT2D eigenvalue weighted by Gasteiger charge is 2.10. The summed E-state index contributed by atoms with van der Waals surface area (Å²) >= 11 is 5.77. The molecule has 120 valence electrons. The number of carbonyl (C=O) groups is 2. The zero-order valence-electron chi connectivity index (χ0n) is 12.8. The second-order valence-electron chi connectivity index (χ2n) is 5.29. The van der Waals surface area contributed by atoms with Crippen molar-refractivity contribution in [3.8, 4) is 5.75 Å². The van der Waals surface area contributed by atoms with Crippen molar-refractivity contribution >= 4 is 23.3 Å². The van der Waals surface area contributed by atoms with E-state index in [2.05, 4.69) is 5.32 Å². The van der Waals surface area contributed by atoms with Gasteiger partial charge >= 0.3 is 0 Å². The lowest BCUT2D eigenvalue weighted by atomic mass is 10.0. The van der Waals surface area contributed by atoms with Crippen LogP contribution >= 0.6 is 11.6 Å². The summed E-state index contributed by atoms with van der Waals surface area (Å²) in [5.74, 6) is -0.0348. The first kappa shape index (κ1) is 17.0. The predicted octanol–water partition coefficient (Wildman–Crippen LogP) is 3.75. The molecule has 2 N–H and O–H groups in total. The number of aromatic hydroxyl groups is 1. The number of Topliss-reactive ketones (excluding diaryl/α,β-unsaturated/α-hetero) is 1. The van der Waals surface area contributed by atoms with Crippen molar-refractivity contribution in [3.05, 3.63) is 64.2 Å². The van der Waals surface area contributed by atoms with Crippen LogP contribution in [0, 0.1) is 6.92 Å². The van der Waals surface area contributed by atoms with Crippen LogP contribution in [0.1, 0.15) is 39.1 Å². The predicted molar refractivity (Wildman–Crippen MR) is 90.2 cm³/mol. The number of hydrogen-bond donors (Lipinski definition) is 2. The van der Waals surface area contributed by atoms with Crippen molar-refractivity contribution in [2.75, 3.05) is 6.54 Å². The molecule has 0 atom stereocenters. The van der Waals surface area contributed by atoms with Gasteiger partial charge in [0.1, 0.15) is 5.75 Å². The molecule has 0 bridgehead atoms. The maximum absolute atomic E-state index is 12.1. The number of halogens is 1. The largest absolute Gasteiger partial charge is 0.508 e. The first-order chi connectivity index (χ1) is 11.0. The van der Waals surface area contributed by atoms with Gasteiger partial charge in [-0.1, -0.05) is 11.6 Å². The number of aryl methyl sites for hydroxylation is 1. The fraction of sp³-hybridized carbons (Fsp3) is 0.222. The molecule has 0 aromatic heterocycles. The van der Waals surface area contributed by atoms with E-state index in [9.17, 15) is 14.7 Å². The van der Waals surface area contributed by atoms with Gasteiger partial charge in [0, 0.05) is 29.1 Å². The van der Waals surface area contributed by atoms with Gasteiger partial charge in [0.15, 0.2) is 5.78 Å². The van der Waals surface area contributed by atoms with Crippen LogP contribution in [0.15, 0.2) is 42.5 Å². The summed E-state index contributed by atoms with van der Waals surface area (Å²) in [6.45, 7) is 2.21. The van der Waals surface area contributed by atoms with Crippen molar-refractivity contribution in [3.63, 3.8) is 0 Å². The Morgan fingerprint density at radius 2 is 1.83 bits per heavy atom. The number of phenolic OH excluding ortho intramolecular Hbond substituents is 1. The van der Waals surface area contributed by atoms with Gasteiger partial charge in [0.05, 0.1) is 0 Å². The van der Waals surface area contributed by atoms with E-state index in [0.717, 1.165) is 5.56 Å². The Morgan fingerprint density at radius 3 is 2.48 bits per heavy atom. The van der Waals surface area contributed by atoms with Crippen molar-refractivity contribution in [1.82, 2.24) is 5.32 Å². The summed E-state index contributed by atoms with van der Waals surface area (Å²) in [5.41, 5.74) is 1.89. The molecule has 0 radical (unpaired) electrons. The lowest BCUT2D eigenvalue weighted by Crippen LogP contribution is -2.24. The van der Waals surface area contributed by atoms with E-state index in [-0.39, 0.29) is 17.4 Å². The van der Waals surface area contributed by atoms with Gasteiger partial charge in [-0.2, -0.15) is 0 Å². The maximum Gasteiger partial charge on any atom is 0.251 e. The Bertz CT molecular complexity index is 711. The molecule has 0 unspecified atom stereocenters. The van der Waals surface area contributed by atoms with Gasteiger partial charge in [0.25, 0.3) is 5.91 Å². The van der Waals surface area contributed by atoms with Gasteiger partial charge in [-0.15, -0.1) is 0 Å². The quantitative estimate of drug-likeness (QED) is 0.626. The monoisotopic (exact) mass is 331 g/mol. The topological polar surface area (TPSA) is 66.4 Å². The standard InChI is InChI=1S/C18H18ClNO3/c1-12-11-15(21)8-9-16(12)17(22)3-2-10-20-18(23)13-4-6-14(19)7-5-13/h4-9,11,21H,2-3,10H2,1H3,(H,20,23). The molecule has 0 spiro atoms. The maximum atomic E-state index is 12.1. The summed E-state index contributed by atoms with van der Waals surface area (Å²) < 4.78 is 0. The number of ketones is 1. The molecular weight excluding hydrogens is 314 g/mol. The number of amides is 1. The van der Waals surface area contributed by atoms with E-state index in [1.165, 1.54) is 6.07 Å². The summed E-state index contributed by atoms with van der Waals surface area (Å²) in [6, 6.07) is 11.3. The molecule has 2 aromatic carbocycles. The SMILES string of the molecule is Cc1cc(O)ccc1C(=O)CCCNC(=O)c1ccc(Cl)cc1. The third kappa shape index (κ3) is 4.83. The summed E-state index contributed by atoms with van der Waals surface area (Å²) in [5, 5.41) is 12.7. The molecule has 0 aliphatic carbocycles. The first-order valence-corrected chi connectivity index (χ1v) is 7.72. The minimum Gasteiger partial charge on any atom is -0.508 e. The van der Waals surface area contributed by atoms with Gasteiger partial charge < -0.3 is 10.4 Å². The molecule has 2 aromatic rings. The van der Waals surface area contributed by atoms with Crippen LogP contribution in [0.25, 0.3) is 0 Å². The van der Waals surface area contributed by atoms with Crippen molar-refractivity contribution in [2.24, 2.45) is 0 Å². The second kappa shape index (κ2) is 7.79. The van der Waals surface area contributed by atoms with Gasteiger partial charge in [-0.25, -0.2) is 0 Å². The molecule has 0 saturated carbocycles. The average Bonchev–Trinajstić information content (AvgIpc) is 2.51. The Hall–Kier alpha value is -2.33. The van der Waals surface area contributed by atoms with E-state index >= 15 is 0 Å². The Morgan fingerprint density at radius 1 is 1.13 bits per heavy atom. The van der Waals surface area contributed by atoms with Crippen LogP contribution in [0.2, 0.25) is 5.02 Å². The third-order valence-corrected chi connectivity index (χ3v) is 3.73. The van der Waals surface area contributed by atoms with Crippen molar-refractivity contribution in [2.45, 2.75) is 19.8 Å². The van der Waals surface area contributed by atoms with Crippen LogP contribution in [0.5, 0.6) is 5.75 Å². The molecule has 4 nitrogen and oxygen atoms in total. The minimum atomic E-state index is -0.185. The number of hydrogen-bond acceptors (Lipinski definition) is 3. The van der Waals surface area contributed by atoms with Crippen LogP contribution in [-0.4, -0.2) is 23.3 Å². The molecule has 0 fully saturated rings. The smallest absolute Gasteiger partial charge is 0.251 e. The molecule has 1 amide bonds. The molecule has 2 rings (SSSR count). The third-order valence-electron chi connectivity index (χ3n) is 3.48. The van der Waals surface area contributed by atoms with E-state index < -0.39 is 0 Å². The first-order valence-electron chi connectivity index (χ1n) is 7.34. The zero-order chi connectivity index (χ0) is 16.8. The minimum absolute atomic E-state index is 0.00300. The second-order valence-corrected chi connectivity index (χ2v) is 5.73. The van der Waals surface area contributed by atoms with Gasteiger partial charge in [-0.3, -0.25) is 9.59 Å². The fourth-order valence-electron chi connectivity index (χ4n) is 2.25. The lowest BCUT2D eigenvalue weighted by Gasteiger charge is -2.07. The average molecular weight is 332 g/mol. The molecule has 0 heterocycles. The van der Waals surface area contributed by atoms with E-state index in [1.54, 1.807) is 43.3 Å².